The van der Waals surface area contributed by atoms with E-state index < -0.39 is 0 Å². The number of carbonyl (C=O) groups is 1. The van der Waals surface area contributed by atoms with Crippen LogP contribution in [0.2, 0.25) is 0 Å². The summed E-state index contributed by atoms with van der Waals surface area (Å²) in [5, 5.41) is 0. The van der Waals surface area contributed by atoms with E-state index in [2.05, 4.69) is 11.3 Å². The Bertz CT molecular complexity index is 196. The van der Waals surface area contributed by atoms with Gasteiger partial charge >= 0.3 is 5.97 Å². The van der Waals surface area contributed by atoms with Crippen molar-refractivity contribution in [3.8, 4) is 0 Å². The van der Waals surface area contributed by atoms with E-state index in [1.807, 2.05) is 0 Å². The van der Waals surface area contributed by atoms with Crippen molar-refractivity contribution < 1.29 is 9.53 Å². The Hall–Kier alpha value is -0.790. The molecular weight excluding hydrogens is 164 g/mol. The fourth-order valence-corrected chi connectivity index (χ4v) is 1.92. The molecule has 0 aromatic rings. The fourth-order valence-electron chi connectivity index (χ4n) is 1.92. The molecule has 0 heterocycles. The molecule has 0 amide bonds. The largest absolute Gasteiger partial charge is 0.469 e. The molecule has 2 nitrogen and oxygen atoms in total. The molecule has 0 aliphatic heterocycles. The quantitative estimate of drug-likeness (QED) is 0.495. The normalized spacial score (nSPS) is 22.8. The predicted octanol–water partition coefficient (Wildman–Crippen LogP) is 2.69. The number of hydrogen-bond acceptors (Lipinski definition) is 2. The monoisotopic (exact) mass is 182 g/mol. The number of allylic oxidation sites excluding steroid dienone is 1. The molecule has 74 valence electrons. The third kappa shape index (κ3) is 3.62. The topological polar surface area (TPSA) is 26.3 Å². The predicted molar refractivity (Wildman–Crippen MR) is 52.3 cm³/mol. The maximum Gasteiger partial charge on any atom is 0.305 e. The second-order valence-corrected chi connectivity index (χ2v) is 3.83. The van der Waals surface area contributed by atoms with Gasteiger partial charge < -0.3 is 4.74 Å². The molecule has 0 radical (unpaired) electrons. The zero-order valence-electron chi connectivity index (χ0n) is 8.34. The summed E-state index contributed by atoms with van der Waals surface area (Å²) < 4.78 is 4.61. The van der Waals surface area contributed by atoms with Gasteiger partial charge in [0, 0.05) is 6.42 Å². The lowest BCUT2D eigenvalue weighted by Crippen LogP contribution is -2.10. The van der Waals surface area contributed by atoms with Gasteiger partial charge in [0.1, 0.15) is 0 Å². The van der Waals surface area contributed by atoms with Gasteiger partial charge in [-0.3, -0.25) is 4.79 Å². The van der Waals surface area contributed by atoms with Crippen LogP contribution >= 0.6 is 0 Å². The van der Waals surface area contributed by atoms with E-state index >= 15 is 0 Å². The summed E-state index contributed by atoms with van der Waals surface area (Å²) in [4.78, 5) is 10.9. The van der Waals surface area contributed by atoms with Crippen molar-refractivity contribution in [1.82, 2.24) is 0 Å². The minimum absolute atomic E-state index is 0.0869. The van der Waals surface area contributed by atoms with Crippen LogP contribution in [0, 0.1) is 5.92 Å². The molecule has 1 unspecified atom stereocenters. The minimum Gasteiger partial charge on any atom is -0.469 e. The Morgan fingerprint density at radius 3 is 3.08 bits per heavy atom. The maximum absolute atomic E-state index is 10.9. The van der Waals surface area contributed by atoms with Crippen LogP contribution in [-0.4, -0.2) is 13.1 Å². The number of methoxy groups -OCH3 is 1. The first-order valence-electron chi connectivity index (χ1n) is 4.96. The molecule has 0 aromatic carbocycles. The molecule has 1 fully saturated rings. The van der Waals surface area contributed by atoms with Crippen molar-refractivity contribution in [3.05, 3.63) is 12.2 Å². The van der Waals surface area contributed by atoms with Crippen LogP contribution < -0.4 is 0 Å². The fraction of sp³-hybridized carbons (Fsp3) is 0.727. The minimum atomic E-state index is -0.0869. The van der Waals surface area contributed by atoms with Gasteiger partial charge in [0.05, 0.1) is 7.11 Å². The molecule has 13 heavy (non-hydrogen) atoms. The van der Waals surface area contributed by atoms with E-state index in [4.69, 9.17) is 0 Å². The van der Waals surface area contributed by atoms with E-state index in [1.165, 1.54) is 31.9 Å². The third-order valence-corrected chi connectivity index (χ3v) is 2.70. The molecule has 1 rings (SSSR count). The highest BCUT2D eigenvalue weighted by Gasteiger charge is 2.16. The second kappa shape index (κ2) is 5.05. The SMILES string of the molecule is C=C1CCCC(CCC(=O)OC)C1. The van der Waals surface area contributed by atoms with Crippen LogP contribution in [0.15, 0.2) is 12.2 Å². The van der Waals surface area contributed by atoms with E-state index in [0.717, 1.165) is 12.8 Å². The van der Waals surface area contributed by atoms with E-state index in [-0.39, 0.29) is 5.97 Å². The summed E-state index contributed by atoms with van der Waals surface area (Å²) in [5.74, 6) is 0.580. The Labute approximate surface area is 80.0 Å². The number of hydrogen-bond donors (Lipinski definition) is 0. The van der Waals surface area contributed by atoms with Crippen molar-refractivity contribution in [1.29, 1.82) is 0 Å². The molecule has 0 N–H and O–H groups in total. The van der Waals surface area contributed by atoms with Crippen molar-refractivity contribution >= 4 is 5.97 Å². The van der Waals surface area contributed by atoms with Gasteiger partial charge in [-0.2, -0.15) is 0 Å². The third-order valence-electron chi connectivity index (χ3n) is 2.70. The van der Waals surface area contributed by atoms with Crippen molar-refractivity contribution in [2.24, 2.45) is 5.92 Å². The van der Waals surface area contributed by atoms with Gasteiger partial charge in [-0.1, -0.05) is 12.2 Å². The van der Waals surface area contributed by atoms with Gasteiger partial charge in [0.2, 0.25) is 0 Å². The highest BCUT2D eigenvalue weighted by molar-refractivity contribution is 5.69. The molecular formula is C11H18O2. The molecule has 0 bridgehead atoms. The smallest absolute Gasteiger partial charge is 0.305 e. The van der Waals surface area contributed by atoms with Gasteiger partial charge in [0.25, 0.3) is 0 Å². The first-order chi connectivity index (χ1) is 6.22. The zero-order chi connectivity index (χ0) is 9.68. The molecule has 1 saturated carbocycles. The maximum atomic E-state index is 10.9. The molecule has 0 aromatic heterocycles. The van der Waals surface area contributed by atoms with Gasteiger partial charge in [-0.05, 0) is 38.0 Å². The lowest BCUT2D eigenvalue weighted by atomic mass is 9.83. The van der Waals surface area contributed by atoms with Crippen LogP contribution in [0.3, 0.4) is 0 Å². The summed E-state index contributed by atoms with van der Waals surface area (Å²) in [6.45, 7) is 4.00. The van der Waals surface area contributed by atoms with Crippen molar-refractivity contribution in [3.63, 3.8) is 0 Å². The number of ether oxygens (including phenoxy) is 1. The van der Waals surface area contributed by atoms with Crippen LogP contribution in [0.4, 0.5) is 0 Å². The number of rotatable bonds is 3. The average molecular weight is 182 g/mol. The first-order valence-corrected chi connectivity index (χ1v) is 4.96. The highest BCUT2D eigenvalue weighted by Crippen LogP contribution is 2.30. The van der Waals surface area contributed by atoms with Crippen LogP contribution in [0.5, 0.6) is 0 Å². The Balaban J connectivity index is 2.20. The molecule has 1 atom stereocenters. The lowest BCUT2D eigenvalue weighted by molar-refractivity contribution is -0.141. The second-order valence-electron chi connectivity index (χ2n) is 3.83. The Morgan fingerprint density at radius 2 is 2.46 bits per heavy atom. The summed E-state index contributed by atoms with van der Waals surface area (Å²) in [7, 11) is 1.45. The van der Waals surface area contributed by atoms with Gasteiger partial charge in [0.15, 0.2) is 0 Å². The van der Waals surface area contributed by atoms with Crippen LogP contribution in [-0.2, 0) is 9.53 Å². The van der Waals surface area contributed by atoms with E-state index in [9.17, 15) is 4.79 Å². The molecule has 2 heteroatoms. The first kappa shape index (κ1) is 10.3. The van der Waals surface area contributed by atoms with Gasteiger partial charge in [-0.15, -0.1) is 0 Å². The molecule has 1 aliphatic rings. The Morgan fingerprint density at radius 1 is 1.69 bits per heavy atom. The number of esters is 1. The highest BCUT2D eigenvalue weighted by atomic mass is 16.5. The summed E-state index contributed by atoms with van der Waals surface area (Å²) in [6.07, 6.45) is 6.30. The summed E-state index contributed by atoms with van der Waals surface area (Å²) in [6, 6.07) is 0. The van der Waals surface area contributed by atoms with Crippen molar-refractivity contribution in [2.75, 3.05) is 7.11 Å². The summed E-state index contributed by atoms with van der Waals surface area (Å²) in [5.41, 5.74) is 1.35. The standard InChI is InChI=1S/C11H18O2/c1-9-4-3-5-10(8-9)6-7-11(12)13-2/h10H,1,3-8H2,2H3. The average Bonchev–Trinajstić information content (AvgIpc) is 2.14. The van der Waals surface area contributed by atoms with Crippen LogP contribution in [0.1, 0.15) is 38.5 Å². The van der Waals surface area contributed by atoms with Crippen LogP contribution in [0.25, 0.3) is 0 Å². The zero-order valence-corrected chi connectivity index (χ0v) is 8.34. The number of carbonyl (C=O) groups excluding carboxylic acids is 1. The van der Waals surface area contributed by atoms with Gasteiger partial charge in [-0.25, -0.2) is 0 Å². The lowest BCUT2D eigenvalue weighted by Gasteiger charge is -2.22. The molecule has 0 spiro atoms. The summed E-state index contributed by atoms with van der Waals surface area (Å²) >= 11 is 0. The van der Waals surface area contributed by atoms with E-state index in [1.54, 1.807) is 0 Å². The Kier molecular flexibility index (Phi) is 4.00. The molecule has 1 aliphatic carbocycles. The van der Waals surface area contributed by atoms with Crippen molar-refractivity contribution in [2.45, 2.75) is 38.5 Å². The molecule has 0 saturated heterocycles. The van der Waals surface area contributed by atoms with E-state index in [0.29, 0.717) is 12.3 Å².